The Labute approximate surface area is 115 Å². The molecule has 20 heavy (non-hydrogen) atoms. The number of nitrogens with two attached hydrogens (primary N) is 1. The van der Waals surface area contributed by atoms with Gasteiger partial charge >= 0.3 is 0 Å². The van der Waals surface area contributed by atoms with E-state index in [1.807, 2.05) is 12.1 Å². The van der Waals surface area contributed by atoms with Crippen molar-refractivity contribution in [1.29, 1.82) is 0 Å². The van der Waals surface area contributed by atoms with Crippen LogP contribution < -0.4 is 10.6 Å². The van der Waals surface area contributed by atoms with Crippen molar-refractivity contribution >= 4 is 22.3 Å². The normalized spacial score (nSPS) is 14.5. The molecule has 6 nitrogen and oxygen atoms in total. The van der Waals surface area contributed by atoms with Crippen molar-refractivity contribution < 1.29 is 0 Å². The lowest BCUT2D eigenvalue weighted by Gasteiger charge is -2.30. The maximum atomic E-state index is 6.01. The highest BCUT2D eigenvalue weighted by Gasteiger charge is 2.19. The van der Waals surface area contributed by atoms with Crippen LogP contribution in [-0.4, -0.2) is 26.3 Å². The largest absolute Gasteiger partial charge is 0.397 e. The first kappa shape index (κ1) is 11.2. The SMILES string of the molecule is Nc1ccc(N2CCn3cnnc3C2)c2cccnc12. The first-order valence-corrected chi connectivity index (χ1v) is 6.58. The van der Waals surface area contributed by atoms with Gasteiger partial charge in [0, 0.05) is 30.4 Å². The number of nitrogen functional groups attached to an aromatic ring is 1. The Morgan fingerprint density at radius 1 is 1.15 bits per heavy atom. The first-order valence-electron chi connectivity index (χ1n) is 6.58. The Bertz CT molecular complexity index is 778. The second-order valence-electron chi connectivity index (χ2n) is 4.94. The molecule has 3 aromatic rings. The number of hydrogen-bond donors (Lipinski definition) is 1. The number of anilines is 2. The molecule has 0 saturated heterocycles. The molecule has 0 spiro atoms. The van der Waals surface area contributed by atoms with Gasteiger partial charge in [-0.25, -0.2) is 0 Å². The summed E-state index contributed by atoms with van der Waals surface area (Å²) in [6.07, 6.45) is 3.56. The Balaban J connectivity index is 1.82. The highest BCUT2D eigenvalue weighted by Crippen LogP contribution is 2.31. The molecule has 1 aliphatic heterocycles. The summed E-state index contributed by atoms with van der Waals surface area (Å²) < 4.78 is 2.09. The van der Waals surface area contributed by atoms with Gasteiger partial charge in [-0.05, 0) is 24.3 Å². The van der Waals surface area contributed by atoms with Gasteiger partial charge in [-0.15, -0.1) is 10.2 Å². The van der Waals surface area contributed by atoms with Crippen LogP contribution in [0.3, 0.4) is 0 Å². The van der Waals surface area contributed by atoms with Gasteiger partial charge in [0.15, 0.2) is 5.82 Å². The van der Waals surface area contributed by atoms with Crippen LogP contribution in [0.25, 0.3) is 10.9 Å². The summed E-state index contributed by atoms with van der Waals surface area (Å²) in [5.74, 6) is 0.991. The van der Waals surface area contributed by atoms with Gasteiger partial charge in [0.2, 0.25) is 0 Å². The van der Waals surface area contributed by atoms with Crippen LogP contribution in [0.5, 0.6) is 0 Å². The molecule has 1 aromatic carbocycles. The lowest BCUT2D eigenvalue weighted by atomic mass is 10.1. The summed E-state index contributed by atoms with van der Waals surface area (Å²) in [4.78, 5) is 6.68. The van der Waals surface area contributed by atoms with Gasteiger partial charge in [0.05, 0.1) is 17.7 Å². The van der Waals surface area contributed by atoms with Crippen LogP contribution in [0.15, 0.2) is 36.8 Å². The molecule has 0 saturated carbocycles. The number of pyridine rings is 1. The van der Waals surface area contributed by atoms with E-state index in [9.17, 15) is 0 Å². The molecular weight excluding hydrogens is 252 g/mol. The number of benzene rings is 1. The van der Waals surface area contributed by atoms with Crippen molar-refractivity contribution in [3.63, 3.8) is 0 Å². The molecule has 100 valence electrons. The summed E-state index contributed by atoms with van der Waals surface area (Å²) in [7, 11) is 0. The Hall–Kier alpha value is -2.63. The van der Waals surface area contributed by atoms with Crippen molar-refractivity contribution in [1.82, 2.24) is 19.7 Å². The van der Waals surface area contributed by atoms with E-state index >= 15 is 0 Å². The van der Waals surface area contributed by atoms with Crippen LogP contribution in [0.4, 0.5) is 11.4 Å². The quantitative estimate of drug-likeness (QED) is 0.674. The predicted molar refractivity (Wildman–Crippen MR) is 77.2 cm³/mol. The third-order valence-electron chi connectivity index (χ3n) is 3.76. The number of rotatable bonds is 1. The van der Waals surface area contributed by atoms with Gasteiger partial charge in [0.1, 0.15) is 6.33 Å². The van der Waals surface area contributed by atoms with Gasteiger partial charge in [-0.1, -0.05) is 0 Å². The summed E-state index contributed by atoms with van der Waals surface area (Å²) in [5, 5.41) is 9.21. The minimum Gasteiger partial charge on any atom is -0.397 e. The first-order chi connectivity index (χ1) is 9.83. The second kappa shape index (κ2) is 4.19. The van der Waals surface area contributed by atoms with Crippen molar-refractivity contribution in [3.05, 3.63) is 42.6 Å². The molecule has 4 rings (SSSR count). The number of hydrogen-bond acceptors (Lipinski definition) is 5. The molecule has 3 heterocycles. The van der Waals surface area contributed by atoms with Gasteiger partial charge < -0.3 is 15.2 Å². The fraction of sp³-hybridized carbons (Fsp3) is 0.214. The third kappa shape index (κ3) is 1.61. The van der Waals surface area contributed by atoms with Crippen LogP contribution in [0.1, 0.15) is 5.82 Å². The van der Waals surface area contributed by atoms with Gasteiger partial charge in [0.25, 0.3) is 0 Å². The zero-order valence-corrected chi connectivity index (χ0v) is 10.9. The average molecular weight is 266 g/mol. The number of aromatic nitrogens is 4. The lowest BCUT2D eigenvalue weighted by molar-refractivity contribution is 0.561. The molecule has 6 heteroatoms. The predicted octanol–water partition coefficient (Wildman–Crippen LogP) is 1.43. The van der Waals surface area contributed by atoms with Crippen LogP contribution in [-0.2, 0) is 13.1 Å². The highest BCUT2D eigenvalue weighted by molar-refractivity contribution is 5.98. The molecule has 0 unspecified atom stereocenters. The fourth-order valence-corrected chi connectivity index (χ4v) is 2.73. The number of nitrogens with zero attached hydrogens (tertiary/aromatic N) is 5. The third-order valence-corrected chi connectivity index (χ3v) is 3.76. The molecule has 2 aromatic heterocycles. The molecule has 0 aliphatic carbocycles. The lowest BCUT2D eigenvalue weighted by Crippen LogP contribution is -2.33. The Morgan fingerprint density at radius 3 is 3.05 bits per heavy atom. The average Bonchev–Trinajstić information content (AvgIpc) is 2.95. The molecular formula is C14H14N6. The van der Waals surface area contributed by atoms with Crippen molar-refractivity contribution in [2.24, 2.45) is 0 Å². The highest BCUT2D eigenvalue weighted by atomic mass is 15.3. The van der Waals surface area contributed by atoms with E-state index in [-0.39, 0.29) is 0 Å². The smallest absolute Gasteiger partial charge is 0.152 e. The Kier molecular flexibility index (Phi) is 2.35. The van der Waals surface area contributed by atoms with Crippen LogP contribution >= 0.6 is 0 Å². The Morgan fingerprint density at radius 2 is 2.10 bits per heavy atom. The van der Waals surface area contributed by atoms with E-state index in [4.69, 9.17) is 5.73 Å². The standard InChI is InChI=1S/C14H14N6/c15-11-3-4-12(10-2-1-5-16-14(10)11)19-6-7-20-9-17-18-13(20)8-19/h1-5,9H,6-8,15H2. The van der Waals surface area contributed by atoms with Crippen molar-refractivity contribution in [3.8, 4) is 0 Å². The van der Waals surface area contributed by atoms with E-state index in [1.54, 1.807) is 12.5 Å². The molecule has 0 bridgehead atoms. The minimum atomic E-state index is 0.713. The summed E-state index contributed by atoms with van der Waals surface area (Å²) in [5.41, 5.74) is 8.73. The van der Waals surface area contributed by atoms with Crippen LogP contribution in [0.2, 0.25) is 0 Å². The van der Waals surface area contributed by atoms with E-state index in [1.165, 1.54) is 0 Å². The molecule has 0 amide bonds. The van der Waals surface area contributed by atoms with E-state index < -0.39 is 0 Å². The summed E-state index contributed by atoms with van der Waals surface area (Å²) in [6, 6.07) is 7.99. The molecule has 2 N–H and O–H groups in total. The van der Waals surface area contributed by atoms with Crippen molar-refractivity contribution in [2.75, 3.05) is 17.2 Å². The van der Waals surface area contributed by atoms with Gasteiger partial charge in [-0.3, -0.25) is 4.98 Å². The fourth-order valence-electron chi connectivity index (χ4n) is 2.73. The van der Waals surface area contributed by atoms with E-state index in [0.717, 1.165) is 42.0 Å². The van der Waals surface area contributed by atoms with Crippen molar-refractivity contribution in [2.45, 2.75) is 13.1 Å². The maximum Gasteiger partial charge on any atom is 0.152 e. The minimum absolute atomic E-state index is 0.713. The monoisotopic (exact) mass is 266 g/mol. The topological polar surface area (TPSA) is 72.9 Å². The van der Waals surface area contributed by atoms with E-state index in [0.29, 0.717) is 5.69 Å². The molecule has 0 atom stereocenters. The molecule has 0 fully saturated rings. The summed E-state index contributed by atoms with van der Waals surface area (Å²) in [6.45, 7) is 2.58. The van der Waals surface area contributed by atoms with Gasteiger partial charge in [-0.2, -0.15) is 0 Å². The molecule has 1 aliphatic rings. The number of fused-ring (bicyclic) bond motifs is 2. The summed E-state index contributed by atoms with van der Waals surface area (Å²) >= 11 is 0. The zero-order chi connectivity index (χ0) is 13.5. The van der Waals surface area contributed by atoms with E-state index in [2.05, 4.69) is 36.8 Å². The second-order valence-corrected chi connectivity index (χ2v) is 4.94. The molecule has 0 radical (unpaired) electrons. The zero-order valence-electron chi connectivity index (χ0n) is 10.9. The maximum absolute atomic E-state index is 6.01. The van der Waals surface area contributed by atoms with Crippen LogP contribution in [0, 0.1) is 0 Å².